The minimum absolute atomic E-state index is 0.000882. The van der Waals surface area contributed by atoms with Gasteiger partial charge in [0.25, 0.3) is 10.0 Å². The number of likely N-dealkylation sites (N-methyl/N-ethyl adjacent to an activating group) is 1. The van der Waals surface area contributed by atoms with Crippen LogP contribution in [-0.2, 0) is 31.3 Å². The van der Waals surface area contributed by atoms with Crippen LogP contribution in [0.15, 0.2) is 69.1 Å². The fourth-order valence-electron chi connectivity index (χ4n) is 4.57. The Balaban J connectivity index is 1.68. The van der Waals surface area contributed by atoms with Crippen molar-refractivity contribution >= 4 is 43.0 Å². The maximum Gasteiger partial charge on any atom is 0.271 e. The second kappa shape index (κ2) is 12.5. The highest BCUT2D eigenvalue weighted by Crippen LogP contribution is 2.31. The molecule has 1 aromatic heterocycles. The highest BCUT2D eigenvalue weighted by molar-refractivity contribution is 7.94. The highest BCUT2D eigenvalue weighted by Gasteiger charge is 2.33. The van der Waals surface area contributed by atoms with Crippen LogP contribution in [0, 0.1) is 12.8 Å². The van der Waals surface area contributed by atoms with Crippen LogP contribution in [0.2, 0.25) is 0 Å². The number of nitrogens with one attached hydrogen (secondary N) is 1. The summed E-state index contributed by atoms with van der Waals surface area (Å²) < 4.78 is 62.6. The van der Waals surface area contributed by atoms with E-state index in [-0.39, 0.29) is 52.7 Å². The Morgan fingerprint density at radius 1 is 1.15 bits per heavy atom. The lowest BCUT2D eigenvalue weighted by atomic mass is 10.0. The van der Waals surface area contributed by atoms with Gasteiger partial charge in [0.2, 0.25) is 15.9 Å². The number of thiophene rings is 1. The molecule has 0 saturated heterocycles. The van der Waals surface area contributed by atoms with Crippen LogP contribution in [0.3, 0.4) is 0 Å². The van der Waals surface area contributed by atoms with E-state index in [0.717, 1.165) is 16.9 Å². The van der Waals surface area contributed by atoms with Gasteiger partial charge in [0.1, 0.15) is 16.1 Å². The molecule has 3 atom stereocenters. The summed E-state index contributed by atoms with van der Waals surface area (Å²) in [7, 11) is -6.15. The van der Waals surface area contributed by atoms with Gasteiger partial charge in [-0.2, -0.15) is 4.31 Å². The number of carbonyl (C=O) groups is 1. The molecule has 0 bridgehead atoms. The van der Waals surface area contributed by atoms with Crippen molar-refractivity contribution in [3.63, 3.8) is 0 Å². The second-order valence-corrected chi connectivity index (χ2v) is 15.2. The van der Waals surface area contributed by atoms with E-state index in [2.05, 4.69) is 4.72 Å². The number of aliphatic hydroxyl groups is 1. The van der Waals surface area contributed by atoms with E-state index in [1.54, 1.807) is 65.7 Å². The smallest absolute Gasteiger partial charge is 0.271 e. The van der Waals surface area contributed by atoms with Crippen LogP contribution in [0.25, 0.3) is 0 Å². The zero-order valence-electron chi connectivity index (χ0n) is 23.3. The lowest BCUT2D eigenvalue weighted by Crippen LogP contribution is -2.48. The van der Waals surface area contributed by atoms with Crippen molar-refractivity contribution in [2.24, 2.45) is 5.92 Å². The molecule has 2 aromatic carbocycles. The van der Waals surface area contributed by atoms with Crippen LogP contribution in [0.4, 0.5) is 5.69 Å². The molecule has 222 valence electrons. The minimum atomic E-state index is -3.82. The SMILES string of the molecule is Cc1ccc(S(=O)(=O)N(C)C[C@H]2Oc3ccc(NS(=O)(=O)c4cccs4)cc3CC(=O)N([C@H](C)CO)C[C@H]2C)cc1. The molecule has 3 aromatic rings. The maximum absolute atomic E-state index is 13.4. The van der Waals surface area contributed by atoms with Gasteiger partial charge < -0.3 is 14.7 Å². The van der Waals surface area contributed by atoms with Crippen LogP contribution in [0.1, 0.15) is 25.0 Å². The highest BCUT2D eigenvalue weighted by atomic mass is 32.2. The molecule has 0 radical (unpaired) electrons. The van der Waals surface area contributed by atoms with Crippen LogP contribution >= 0.6 is 11.3 Å². The predicted octanol–water partition coefficient (Wildman–Crippen LogP) is 3.33. The Labute approximate surface area is 245 Å². The molecule has 1 amide bonds. The first-order chi connectivity index (χ1) is 19.3. The number of rotatable bonds is 9. The molecule has 1 aliphatic heterocycles. The number of hydrogen-bond acceptors (Lipinski definition) is 8. The van der Waals surface area contributed by atoms with E-state index in [0.29, 0.717) is 11.3 Å². The summed E-state index contributed by atoms with van der Waals surface area (Å²) in [5.74, 6) is -0.219. The number of nitrogens with zero attached hydrogens (tertiary/aromatic N) is 2. The minimum Gasteiger partial charge on any atom is -0.488 e. The van der Waals surface area contributed by atoms with Crippen LogP contribution in [0.5, 0.6) is 5.75 Å². The van der Waals surface area contributed by atoms with Crippen LogP contribution in [-0.4, -0.2) is 75.9 Å². The lowest BCUT2D eigenvalue weighted by molar-refractivity contribution is -0.134. The molecule has 0 unspecified atom stereocenters. The fraction of sp³-hybridized carbons (Fsp3) is 0.393. The number of amides is 1. The van der Waals surface area contributed by atoms with Crippen molar-refractivity contribution in [3.8, 4) is 5.75 Å². The van der Waals surface area contributed by atoms with Gasteiger partial charge in [-0.05, 0) is 55.6 Å². The number of carbonyl (C=O) groups excluding carboxylic acids is 1. The third-order valence-corrected chi connectivity index (χ3v) is 11.7. The molecule has 2 N–H and O–H groups in total. The summed E-state index contributed by atoms with van der Waals surface area (Å²) in [6, 6.07) is 14.0. The molecular weight excluding hydrogens is 587 g/mol. The zero-order chi connectivity index (χ0) is 29.9. The Morgan fingerprint density at radius 3 is 2.49 bits per heavy atom. The molecule has 10 nitrogen and oxygen atoms in total. The topological polar surface area (TPSA) is 133 Å². The van der Waals surface area contributed by atoms with Gasteiger partial charge in [-0.25, -0.2) is 16.8 Å². The summed E-state index contributed by atoms with van der Waals surface area (Å²) in [5, 5.41) is 11.5. The van der Waals surface area contributed by atoms with Crippen molar-refractivity contribution in [2.75, 3.05) is 31.5 Å². The largest absolute Gasteiger partial charge is 0.488 e. The number of sulfonamides is 2. The Hall–Kier alpha value is -2.97. The van der Waals surface area contributed by atoms with E-state index >= 15 is 0 Å². The van der Waals surface area contributed by atoms with Crippen LogP contribution < -0.4 is 9.46 Å². The summed E-state index contributed by atoms with van der Waals surface area (Å²) in [6.45, 7) is 5.46. The van der Waals surface area contributed by atoms with Crippen molar-refractivity contribution in [1.82, 2.24) is 9.21 Å². The average Bonchev–Trinajstić information content (AvgIpc) is 3.49. The first-order valence-corrected chi connectivity index (χ1v) is 16.9. The van der Waals surface area contributed by atoms with Gasteiger partial charge in [-0.1, -0.05) is 30.7 Å². The summed E-state index contributed by atoms with van der Waals surface area (Å²) >= 11 is 1.09. The normalized spacial score (nSPS) is 19.1. The second-order valence-electron chi connectivity index (χ2n) is 10.3. The number of ether oxygens (including phenoxy) is 1. The summed E-state index contributed by atoms with van der Waals surface area (Å²) in [5.41, 5.74) is 1.65. The molecule has 2 heterocycles. The monoisotopic (exact) mass is 621 g/mol. The van der Waals surface area contributed by atoms with E-state index in [1.807, 2.05) is 13.8 Å². The molecule has 0 spiro atoms. The quantitative estimate of drug-likeness (QED) is 0.375. The third-order valence-electron chi connectivity index (χ3n) is 7.09. The molecule has 1 aliphatic rings. The molecular formula is C28H35N3O7S3. The molecule has 0 fully saturated rings. The molecule has 4 rings (SSSR count). The van der Waals surface area contributed by atoms with Gasteiger partial charge in [0, 0.05) is 30.8 Å². The molecule has 0 aliphatic carbocycles. The van der Waals surface area contributed by atoms with E-state index in [1.165, 1.54) is 17.4 Å². The van der Waals surface area contributed by atoms with Crippen molar-refractivity contribution in [2.45, 2.75) is 48.4 Å². The molecule has 0 saturated carbocycles. The summed E-state index contributed by atoms with van der Waals surface area (Å²) in [4.78, 5) is 15.2. The van der Waals surface area contributed by atoms with Crippen molar-refractivity contribution < 1.29 is 31.5 Å². The van der Waals surface area contributed by atoms with E-state index < -0.39 is 32.2 Å². The zero-order valence-corrected chi connectivity index (χ0v) is 25.8. The van der Waals surface area contributed by atoms with Gasteiger partial charge in [-0.15, -0.1) is 11.3 Å². The van der Waals surface area contributed by atoms with E-state index in [9.17, 15) is 26.7 Å². The van der Waals surface area contributed by atoms with Gasteiger partial charge in [-0.3, -0.25) is 9.52 Å². The number of hydrogen-bond donors (Lipinski definition) is 2. The third kappa shape index (κ3) is 7.09. The first-order valence-electron chi connectivity index (χ1n) is 13.1. The Bertz CT molecular complexity index is 1570. The number of anilines is 1. The molecule has 41 heavy (non-hydrogen) atoms. The van der Waals surface area contributed by atoms with Crippen molar-refractivity contribution in [1.29, 1.82) is 0 Å². The Kier molecular flexibility index (Phi) is 9.44. The van der Waals surface area contributed by atoms with Gasteiger partial charge in [0.05, 0.1) is 30.5 Å². The average molecular weight is 622 g/mol. The maximum atomic E-state index is 13.4. The lowest BCUT2D eigenvalue weighted by Gasteiger charge is -2.33. The predicted molar refractivity (Wildman–Crippen MR) is 158 cm³/mol. The number of fused-ring (bicyclic) bond motifs is 1. The molecule has 13 heteroatoms. The van der Waals surface area contributed by atoms with E-state index in [4.69, 9.17) is 4.74 Å². The van der Waals surface area contributed by atoms with Crippen molar-refractivity contribution in [3.05, 3.63) is 71.1 Å². The number of benzene rings is 2. The van der Waals surface area contributed by atoms with Gasteiger partial charge >= 0.3 is 0 Å². The first kappa shape index (κ1) is 31.0. The number of aryl methyl sites for hydroxylation is 1. The Morgan fingerprint density at radius 2 is 1.85 bits per heavy atom. The number of aliphatic hydroxyl groups excluding tert-OH is 1. The standard InChI is InChI=1S/C28H35N3O7S3/c1-19-7-10-24(11-8-19)41(36,37)30(4)17-26-20(2)16-31(21(3)18-32)27(33)15-22-14-23(9-12-25(22)38-26)29-40(34,35)28-6-5-13-39-28/h5-14,20-21,26,29,32H,15-18H2,1-4H3/t20-,21-,26-/m1/s1. The summed E-state index contributed by atoms with van der Waals surface area (Å²) in [6.07, 6.45) is -0.752. The van der Waals surface area contributed by atoms with Gasteiger partial charge in [0.15, 0.2) is 0 Å². The fourth-order valence-corrected chi connectivity index (χ4v) is 7.80.